The van der Waals surface area contributed by atoms with E-state index in [0.29, 0.717) is 0 Å². The maximum Gasteiger partial charge on any atom is 0.150 e. The van der Waals surface area contributed by atoms with Crippen LogP contribution in [-0.2, 0) is 4.74 Å². The monoisotopic (exact) mass is 386 g/mol. The summed E-state index contributed by atoms with van der Waals surface area (Å²) in [5, 5.41) is 5.89. The molecule has 1 aliphatic rings. The van der Waals surface area contributed by atoms with Crippen molar-refractivity contribution in [1.29, 1.82) is 0 Å². The summed E-state index contributed by atoms with van der Waals surface area (Å²) < 4.78 is 13.3. The van der Waals surface area contributed by atoms with Crippen LogP contribution in [0.1, 0.15) is 25.5 Å². The van der Waals surface area contributed by atoms with Crippen LogP contribution in [0.3, 0.4) is 0 Å². The lowest BCUT2D eigenvalue weighted by atomic mass is 10.0. The van der Waals surface area contributed by atoms with Gasteiger partial charge in [0.05, 0.1) is 18.3 Å². The van der Waals surface area contributed by atoms with E-state index in [1.54, 1.807) is 13.4 Å². The highest BCUT2D eigenvalue weighted by Crippen LogP contribution is 2.36. The van der Waals surface area contributed by atoms with Gasteiger partial charge in [-0.3, -0.25) is 0 Å². The van der Waals surface area contributed by atoms with E-state index < -0.39 is 0 Å². The van der Waals surface area contributed by atoms with Crippen LogP contribution in [0.25, 0.3) is 33.4 Å². The molecule has 1 aliphatic heterocycles. The van der Waals surface area contributed by atoms with Crippen molar-refractivity contribution in [3.05, 3.63) is 61.1 Å². The van der Waals surface area contributed by atoms with Crippen LogP contribution >= 0.6 is 0 Å². The minimum absolute atomic E-state index is 0.0341. The summed E-state index contributed by atoms with van der Waals surface area (Å²) in [6.07, 6.45) is 6.85. The van der Waals surface area contributed by atoms with Crippen molar-refractivity contribution in [2.24, 2.45) is 0 Å². The molecule has 2 aromatic heterocycles. The fourth-order valence-corrected chi connectivity index (χ4v) is 3.83. The summed E-state index contributed by atoms with van der Waals surface area (Å²) >= 11 is 0. The largest absolute Gasteiger partial charge is 0.497 e. The van der Waals surface area contributed by atoms with Gasteiger partial charge in [0.2, 0.25) is 0 Å². The van der Waals surface area contributed by atoms with E-state index >= 15 is 0 Å². The molecule has 6 heteroatoms. The van der Waals surface area contributed by atoms with E-state index in [9.17, 15) is 0 Å². The molecular weight excluding hydrogens is 364 g/mol. The predicted molar refractivity (Wildman–Crippen MR) is 112 cm³/mol. The third-order valence-corrected chi connectivity index (χ3v) is 5.33. The normalized spacial score (nSPS) is 16.8. The van der Waals surface area contributed by atoms with Gasteiger partial charge in [0, 0.05) is 35.4 Å². The Kier molecular flexibility index (Phi) is 4.69. The van der Waals surface area contributed by atoms with Crippen LogP contribution in [0.2, 0.25) is 0 Å². The zero-order chi connectivity index (χ0) is 19.6. The summed E-state index contributed by atoms with van der Waals surface area (Å²) in [6, 6.07) is 16.1. The first-order chi connectivity index (χ1) is 14.3. The Morgan fingerprint density at radius 3 is 2.72 bits per heavy atom. The first-order valence-electron chi connectivity index (χ1n) is 9.89. The van der Waals surface area contributed by atoms with E-state index in [1.165, 1.54) is 0 Å². The lowest BCUT2D eigenvalue weighted by Gasteiger charge is -2.22. The van der Waals surface area contributed by atoms with E-state index in [2.05, 4.69) is 28.3 Å². The molecule has 29 heavy (non-hydrogen) atoms. The lowest BCUT2D eigenvalue weighted by molar-refractivity contribution is -0.0393. The first kappa shape index (κ1) is 17.8. The van der Waals surface area contributed by atoms with Gasteiger partial charge in [-0.25, -0.2) is 14.6 Å². The Morgan fingerprint density at radius 1 is 1.03 bits per heavy atom. The fraction of sp³-hybridized carbons (Fsp3) is 0.261. The van der Waals surface area contributed by atoms with Crippen LogP contribution in [0.15, 0.2) is 61.1 Å². The van der Waals surface area contributed by atoms with Crippen LogP contribution < -0.4 is 4.74 Å². The minimum atomic E-state index is -0.0341. The second-order valence-electron chi connectivity index (χ2n) is 7.16. The zero-order valence-corrected chi connectivity index (χ0v) is 16.3. The number of ether oxygens (including phenoxy) is 2. The van der Waals surface area contributed by atoms with E-state index in [-0.39, 0.29) is 6.23 Å². The summed E-state index contributed by atoms with van der Waals surface area (Å²) in [6.45, 7) is 0.775. The van der Waals surface area contributed by atoms with Crippen molar-refractivity contribution >= 4 is 10.9 Å². The van der Waals surface area contributed by atoms with Gasteiger partial charge in [0.25, 0.3) is 0 Å². The highest BCUT2D eigenvalue weighted by atomic mass is 16.5. The predicted octanol–water partition coefficient (Wildman–Crippen LogP) is 4.87. The Morgan fingerprint density at radius 2 is 1.93 bits per heavy atom. The molecule has 0 bridgehead atoms. The molecule has 4 aromatic rings. The molecule has 0 aliphatic carbocycles. The average molecular weight is 386 g/mol. The molecule has 1 atom stereocenters. The van der Waals surface area contributed by atoms with Gasteiger partial charge in [-0.15, -0.1) is 0 Å². The highest BCUT2D eigenvalue weighted by molar-refractivity contribution is 5.96. The molecule has 2 aromatic carbocycles. The number of aromatic nitrogens is 4. The van der Waals surface area contributed by atoms with Crippen LogP contribution in [0.4, 0.5) is 0 Å². The molecule has 0 spiro atoms. The summed E-state index contributed by atoms with van der Waals surface area (Å²) in [5.41, 5.74) is 4.63. The smallest absolute Gasteiger partial charge is 0.150 e. The summed E-state index contributed by atoms with van der Waals surface area (Å²) in [4.78, 5) is 9.06. The molecule has 0 N–H and O–H groups in total. The number of rotatable bonds is 4. The van der Waals surface area contributed by atoms with Crippen molar-refractivity contribution in [1.82, 2.24) is 19.7 Å². The third-order valence-electron chi connectivity index (χ3n) is 5.33. The molecule has 146 valence electrons. The molecule has 3 heterocycles. The minimum Gasteiger partial charge on any atom is -0.497 e. The second kappa shape index (κ2) is 7.64. The van der Waals surface area contributed by atoms with E-state index in [1.807, 2.05) is 41.1 Å². The molecule has 6 nitrogen and oxygen atoms in total. The van der Waals surface area contributed by atoms with Crippen molar-refractivity contribution in [3.63, 3.8) is 0 Å². The van der Waals surface area contributed by atoms with Gasteiger partial charge < -0.3 is 9.47 Å². The lowest BCUT2D eigenvalue weighted by Crippen LogP contribution is -2.18. The third kappa shape index (κ3) is 3.36. The second-order valence-corrected chi connectivity index (χ2v) is 7.16. The molecule has 0 amide bonds. The Balaban J connectivity index is 1.69. The Labute approximate surface area is 169 Å². The maximum atomic E-state index is 5.97. The number of nitrogens with zero attached hydrogens (tertiary/aromatic N) is 4. The Hall–Kier alpha value is -3.25. The van der Waals surface area contributed by atoms with Gasteiger partial charge in [-0.05, 0) is 31.4 Å². The van der Waals surface area contributed by atoms with Crippen molar-refractivity contribution in [2.75, 3.05) is 13.7 Å². The molecule has 1 fully saturated rings. The van der Waals surface area contributed by atoms with Crippen LogP contribution in [-0.4, -0.2) is 33.5 Å². The number of benzene rings is 2. The number of fused-ring (bicyclic) bond motifs is 1. The molecule has 0 saturated carbocycles. The molecular formula is C23H22N4O2. The quantitative estimate of drug-likeness (QED) is 0.501. The van der Waals surface area contributed by atoms with Crippen molar-refractivity contribution in [2.45, 2.75) is 25.5 Å². The van der Waals surface area contributed by atoms with Gasteiger partial charge >= 0.3 is 0 Å². The number of methoxy groups -OCH3 is 1. The van der Waals surface area contributed by atoms with Crippen molar-refractivity contribution < 1.29 is 9.47 Å². The zero-order valence-electron chi connectivity index (χ0n) is 16.3. The van der Waals surface area contributed by atoms with Crippen molar-refractivity contribution in [3.8, 4) is 28.3 Å². The number of hydrogen-bond donors (Lipinski definition) is 0. The van der Waals surface area contributed by atoms with Crippen LogP contribution in [0, 0.1) is 0 Å². The molecule has 1 unspecified atom stereocenters. The SMILES string of the molecule is COc1ccc2c(-c3cn(C4CCCCO4)nc3-c3ccccc3)ncnc2c1. The first-order valence-corrected chi connectivity index (χ1v) is 9.89. The summed E-state index contributed by atoms with van der Waals surface area (Å²) in [7, 11) is 1.66. The topological polar surface area (TPSA) is 62.1 Å². The molecule has 5 rings (SSSR count). The van der Waals surface area contributed by atoms with Gasteiger partial charge in [-0.2, -0.15) is 5.10 Å². The fourth-order valence-electron chi connectivity index (χ4n) is 3.83. The van der Waals surface area contributed by atoms with Gasteiger partial charge in [0.1, 0.15) is 24.0 Å². The average Bonchev–Trinajstić information content (AvgIpc) is 3.25. The van der Waals surface area contributed by atoms with Gasteiger partial charge in [0.15, 0.2) is 0 Å². The maximum absolute atomic E-state index is 5.97. The number of hydrogen-bond acceptors (Lipinski definition) is 5. The summed E-state index contributed by atoms with van der Waals surface area (Å²) in [5.74, 6) is 0.775. The van der Waals surface area contributed by atoms with E-state index in [4.69, 9.17) is 14.6 Å². The Bertz CT molecular complexity index is 1130. The van der Waals surface area contributed by atoms with E-state index in [0.717, 1.165) is 65.0 Å². The molecule has 1 saturated heterocycles. The molecule has 0 radical (unpaired) electrons. The standard InChI is InChI=1S/C23H22N4O2/c1-28-17-10-11-18-20(13-17)24-15-25-23(18)19-14-27(21-9-5-6-12-29-21)26-22(19)16-7-3-2-4-8-16/h2-4,7-8,10-11,13-15,21H,5-6,9,12H2,1H3. The highest BCUT2D eigenvalue weighted by Gasteiger charge is 2.22. The van der Waals surface area contributed by atoms with Crippen LogP contribution in [0.5, 0.6) is 5.75 Å². The van der Waals surface area contributed by atoms with Gasteiger partial charge in [-0.1, -0.05) is 30.3 Å².